The summed E-state index contributed by atoms with van der Waals surface area (Å²) in [6.07, 6.45) is 0. The fourth-order valence-electron chi connectivity index (χ4n) is 2.79. The standard InChI is InChI=1S/C18H19N3O2S2/c1-11-9-12(2)14(4)18(13(11)3)25(22,23)20-16-7-5-15(6-8-16)17-10-24-21-19-17/h5-10,20H,1-4H3. The lowest BCUT2D eigenvalue weighted by Gasteiger charge is -2.16. The molecule has 0 saturated heterocycles. The van der Waals surface area contributed by atoms with Gasteiger partial charge in [-0.05, 0) is 73.6 Å². The van der Waals surface area contributed by atoms with Crippen LogP contribution in [0.15, 0.2) is 40.6 Å². The third-order valence-electron chi connectivity index (χ3n) is 4.36. The van der Waals surface area contributed by atoms with E-state index in [1.807, 2.05) is 51.3 Å². The van der Waals surface area contributed by atoms with E-state index in [1.165, 1.54) is 11.5 Å². The third kappa shape index (κ3) is 3.43. The van der Waals surface area contributed by atoms with Gasteiger partial charge in [-0.2, -0.15) is 0 Å². The zero-order chi connectivity index (χ0) is 18.2. The van der Waals surface area contributed by atoms with Crippen LogP contribution in [-0.2, 0) is 10.0 Å². The van der Waals surface area contributed by atoms with Crippen molar-refractivity contribution in [2.45, 2.75) is 32.6 Å². The fraction of sp³-hybridized carbons (Fsp3) is 0.222. The summed E-state index contributed by atoms with van der Waals surface area (Å²) < 4.78 is 32.4. The molecule has 130 valence electrons. The molecule has 7 heteroatoms. The number of nitrogens with one attached hydrogen (secondary N) is 1. The number of rotatable bonds is 4. The molecule has 5 nitrogen and oxygen atoms in total. The van der Waals surface area contributed by atoms with Gasteiger partial charge in [0, 0.05) is 16.6 Å². The van der Waals surface area contributed by atoms with E-state index in [-0.39, 0.29) is 0 Å². The summed E-state index contributed by atoms with van der Waals surface area (Å²) >= 11 is 1.28. The van der Waals surface area contributed by atoms with E-state index in [2.05, 4.69) is 14.3 Å². The Balaban J connectivity index is 1.95. The maximum absolute atomic E-state index is 12.9. The van der Waals surface area contributed by atoms with E-state index >= 15 is 0 Å². The molecule has 0 amide bonds. The second-order valence-electron chi connectivity index (χ2n) is 6.06. The Morgan fingerprint density at radius 1 is 0.960 bits per heavy atom. The number of sulfonamides is 1. The maximum Gasteiger partial charge on any atom is 0.262 e. The summed E-state index contributed by atoms with van der Waals surface area (Å²) in [7, 11) is -3.66. The molecule has 0 bridgehead atoms. The van der Waals surface area contributed by atoms with Crippen LogP contribution in [-0.4, -0.2) is 18.0 Å². The molecule has 2 aromatic carbocycles. The van der Waals surface area contributed by atoms with Crippen LogP contribution in [0.2, 0.25) is 0 Å². The first-order valence-electron chi connectivity index (χ1n) is 7.77. The molecule has 0 saturated carbocycles. The summed E-state index contributed by atoms with van der Waals surface area (Å²) in [6, 6.07) is 9.14. The van der Waals surface area contributed by atoms with Crippen molar-refractivity contribution in [1.82, 2.24) is 9.59 Å². The Hall–Kier alpha value is -2.25. The zero-order valence-electron chi connectivity index (χ0n) is 14.5. The molecule has 0 spiro atoms. The van der Waals surface area contributed by atoms with Gasteiger partial charge < -0.3 is 0 Å². The molecule has 0 unspecified atom stereocenters. The van der Waals surface area contributed by atoms with Crippen molar-refractivity contribution >= 4 is 27.2 Å². The van der Waals surface area contributed by atoms with Gasteiger partial charge in [0.15, 0.2) is 0 Å². The van der Waals surface area contributed by atoms with Gasteiger partial charge in [-0.25, -0.2) is 8.42 Å². The Kier molecular flexibility index (Phi) is 4.62. The van der Waals surface area contributed by atoms with Gasteiger partial charge in [0.25, 0.3) is 10.0 Å². The molecule has 0 aliphatic rings. The van der Waals surface area contributed by atoms with Crippen LogP contribution in [0.25, 0.3) is 11.3 Å². The number of hydrogen-bond acceptors (Lipinski definition) is 5. The molecule has 0 fully saturated rings. The lowest BCUT2D eigenvalue weighted by Crippen LogP contribution is -2.17. The quantitative estimate of drug-likeness (QED) is 0.742. The minimum absolute atomic E-state index is 0.359. The largest absolute Gasteiger partial charge is 0.280 e. The van der Waals surface area contributed by atoms with Crippen molar-refractivity contribution in [1.29, 1.82) is 0 Å². The topological polar surface area (TPSA) is 72.0 Å². The Labute approximate surface area is 152 Å². The number of aryl methyl sites for hydroxylation is 2. The van der Waals surface area contributed by atoms with Crippen LogP contribution in [0.1, 0.15) is 22.3 Å². The third-order valence-corrected chi connectivity index (χ3v) is 6.52. The van der Waals surface area contributed by atoms with Crippen molar-refractivity contribution in [3.8, 4) is 11.3 Å². The number of nitrogens with zero attached hydrogens (tertiary/aromatic N) is 2. The maximum atomic E-state index is 12.9. The Morgan fingerprint density at radius 2 is 1.56 bits per heavy atom. The molecular formula is C18H19N3O2S2. The van der Waals surface area contributed by atoms with Crippen molar-refractivity contribution in [2.75, 3.05) is 4.72 Å². The SMILES string of the molecule is Cc1cc(C)c(C)c(S(=O)(=O)Nc2ccc(-c3csnn3)cc2)c1C. The van der Waals surface area contributed by atoms with Crippen molar-refractivity contribution < 1.29 is 8.42 Å². The van der Waals surface area contributed by atoms with Gasteiger partial charge in [-0.15, -0.1) is 5.10 Å². The Bertz CT molecular complexity index is 983. The van der Waals surface area contributed by atoms with Gasteiger partial charge in [-0.3, -0.25) is 4.72 Å². The molecule has 1 heterocycles. The number of aromatic nitrogens is 2. The van der Waals surface area contributed by atoms with Crippen LogP contribution >= 0.6 is 11.5 Å². The monoisotopic (exact) mass is 373 g/mol. The van der Waals surface area contributed by atoms with E-state index in [0.29, 0.717) is 10.6 Å². The zero-order valence-corrected chi connectivity index (χ0v) is 16.1. The van der Waals surface area contributed by atoms with Gasteiger partial charge in [0.1, 0.15) is 5.69 Å². The lowest BCUT2D eigenvalue weighted by atomic mass is 10.0. The fourth-order valence-corrected chi connectivity index (χ4v) is 4.93. The molecule has 0 aliphatic heterocycles. The van der Waals surface area contributed by atoms with Crippen LogP contribution in [0.5, 0.6) is 0 Å². The van der Waals surface area contributed by atoms with Crippen molar-refractivity contribution in [3.05, 3.63) is 58.0 Å². The average molecular weight is 374 g/mol. The first-order valence-corrected chi connectivity index (χ1v) is 10.1. The van der Waals surface area contributed by atoms with Gasteiger partial charge in [0.05, 0.1) is 4.90 Å². The average Bonchev–Trinajstić information content (AvgIpc) is 3.08. The summed E-state index contributed by atoms with van der Waals surface area (Å²) in [5, 5.41) is 5.86. The minimum atomic E-state index is -3.66. The van der Waals surface area contributed by atoms with Gasteiger partial charge in [-0.1, -0.05) is 22.7 Å². The second kappa shape index (κ2) is 6.57. The number of anilines is 1. The highest BCUT2D eigenvalue weighted by Gasteiger charge is 2.22. The highest BCUT2D eigenvalue weighted by atomic mass is 32.2. The molecule has 0 atom stereocenters. The molecule has 0 aliphatic carbocycles. The highest BCUT2D eigenvalue weighted by Crippen LogP contribution is 2.28. The summed E-state index contributed by atoms with van der Waals surface area (Å²) in [5.74, 6) is 0. The van der Waals surface area contributed by atoms with Crippen molar-refractivity contribution in [2.24, 2.45) is 0 Å². The molecular weight excluding hydrogens is 354 g/mol. The minimum Gasteiger partial charge on any atom is -0.280 e. The first kappa shape index (κ1) is 17.6. The molecule has 25 heavy (non-hydrogen) atoms. The lowest BCUT2D eigenvalue weighted by molar-refractivity contribution is 0.599. The van der Waals surface area contributed by atoms with Crippen LogP contribution < -0.4 is 4.72 Å². The van der Waals surface area contributed by atoms with Crippen LogP contribution in [0.4, 0.5) is 5.69 Å². The molecule has 1 N–H and O–H groups in total. The molecule has 0 radical (unpaired) electrons. The normalized spacial score (nSPS) is 11.5. The highest BCUT2D eigenvalue weighted by molar-refractivity contribution is 7.92. The van der Waals surface area contributed by atoms with E-state index in [9.17, 15) is 8.42 Å². The Morgan fingerprint density at radius 3 is 2.08 bits per heavy atom. The van der Waals surface area contributed by atoms with Crippen LogP contribution in [0, 0.1) is 27.7 Å². The summed E-state index contributed by atoms with van der Waals surface area (Å²) in [4.78, 5) is 0.359. The molecule has 3 rings (SSSR count). The van der Waals surface area contributed by atoms with E-state index in [4.69, 9.17) is 0 Å². The predicted molar refractivity (Wildman–Crippen MR) is 102 cm³/mol. The molecule has 1 aromatic heterocycles. The first-order chi connectivity index (χ1) is 11.8. The molecule has 3 aromatic rings. The van der Waals surface area contributed by atoms with Crippen molar-refractivity contribution in [3.63, 3.8) is 0 Å². The van der Waals surface area contributed by atoms with Gasteiger partial charge >= 0.3 is 0 Å². The number of benzene rings is 2. The van der Waals surface area contributed by atoms with E-state index in [1.54, 1.807) is 12.1 Å². The smallest absolute Gasteiger partial charge is 0.262 e. The van der Waals surface area contributed by atoms with E-state index in [0.717, 1.165) is 33.5 Å². The second-order valence-corrected chi connectivity index (χ2v) is 8.29. The summed E-state index contributed by atoms with van der Waals surface area (Å²) in [5.41, 5.74) is 5.69. The number of hydrogen-bond donors (Lipinski definition) is 1. The predicted octanol–water partition coefficient (Wildman–Crippen LogP) is 4.24. The van der Waals surface area contributed by atoms with Gasteiger partial charge in [0.2, 0.25) is 0 Å². The van der Waals surface area contributed by atoms with E-state index < -0.39 is 10.0 Å². The summed E-state index contributed by atoms with van der Waals surface area (Å²) in [6.45, 7) is 7.54. The van der Waals surface area contributed by atoms with Crippen LogP contribution in [0.3, 0.4) is 0 Å².